The molecule has 0 aliphatic heterocycles. The van der Waals surface area contributed by atoms with Crippen LogP contribution in [0.1, 0.15) is 43.7 Å². The summed E-state index contributed by atoms with van der Waals surface area (Å²) in [6.07, 6.45) is 3.77. The standard InChI is InChI=1S/C17H23N3O/c1-12-5-7-17(11-19,8-6-12)16(21)20-15-9-14(10-18)4-3-13(15)2/h3-4,9,12H,5-8,11,19H2,1-2H3,(H,20,21). The molecule has 0 saturated heterocycles. The van der Waals surface area contributed by atoms with Crippen molar-refractivity contribution in [3.05, 3.63) is 29.3 Å². The molecule has 1 aliphatic rings. The molecule has 2 rings (SSSR count). The van der Waals surface area contributed by atoms with Crippen LogP contribution in [0.5, 0.6) is 0 Å². The normalized spacial score (nSPS) is 25.1. The van der Waals surface area contributed by atoms with Crippen LogP contribution < -0.4 is 11.1 Å². The minimum Gasteiger partial charge on any atom is -0.329 e. The maximum atomic E-state index is 12.7. The Morgan fingerprint density at radius 3 is 2.71 bits per heavy atom. The Balaban J connectivity index is 2.19. The van der Waals surface area contributed by atoms with Crippen LogP contribution in [0.3, 0.4) is 0 Å². The van der Waals surface area contributed by atoms with Gasteiger partial charge in [-0.1, -0.05) is 13.0 Å². The van der Waals surface area contributed by atoms with Gasteiger partial charge < -0.3 is 11.1 Å². The second kappa shape index (κ2) is 6.28. The van der Waals surface area contributed by atoms with E-state index >= 15 is 0 Å². The van der Waals surface area contributed by atoms with Crippen molar-refractivity contribution < 1.29 is 4.79 Å². The van der Waals surface area contributed by atoms with E-state index in [-0.39, 0.29) is 5.91 Å². The smallest absolute Gasteiger partial charge is 0.231 e. The summed E-state index contributed by atoms with van der Waals surface area (Å²) in [7, 11) is 0. The zero-order valence-corrected chi connectivity index (χ0v) is 12.8. The fourth-order valence-electron chi connectivity index (χ4n) is 2.92. The molecule has 0 bridgehead atoms. The van der Waals surface area contributed by atoms with Gasteiger partial charge in [-0.25, -0.2) is 0 Å². The van der Waals surface area contributed by atoms with Crippen molar-refractivity contribution in [1.82, 2.24) is 0 Å². The van der Waals surface area contributed by atoms with Crippen LogP contribution >= 0.6 is 0 Å². The number of nitrogens with two attached hydrogens (primary N) is 1. The van der Waals surface area contributed by atoms with Crippen molar-refractivity contribution >= 4 is 11.6 Å². The zero-order chi connectivity index (χ0) is 15.5. The molecular formula is C17H23N3O. The summed E-state index contributed by atoms with van der Waals surface area (Å²) >= 11 is 0. The monoisotopic (exact) mass is 285 g/mol. The van der Waals surface area contributed by atoms with Crippen LogP contribution in [0.15, 0.2) is 18.2 Å². The molecule has 4 heteroatoms. The predicted octanol–water partition coefficient (Wildman–Crippen LogP) is 2.96. The first-order valence-electron chi connectivity index (χ1n) is 7.53. The Morgan fingerprint density at radius 1 is 1.48 bits per heavy atom. The number of hydrogen-bond acceptors (Lipinski definition) is 3. The average Bonchev–Trinajstić information content (AvgIpc) is 2.50. The molecule has 0 heterocycles. The average molecular weight is 285 g/mol. The SMILES string of the molecule is Cc1ccc(C#N)cc1NC(=O)C1(CN)CCC(C)CC1. The van der Waals surface area contributed by atoms with Crippen molar-refractivity contribution in [3.8, 4) is 6.07 Å². The largest absolute Gasteiger partial charge is 0.329 e. The lowest BCUT2D eigenvalue weighted by molar-refractivity contribution is -0.127. The molecule has 21 heavy (non-hydrogen) atoms. The quantitative estimate of drug-likeness (QED) is 0.896. The summed E-state index contributed by atoms with van der Waals surface area (Å²) in [5.41, 5.74) is 7.68. The van der Waals surface area contributed by atoms with E-state index in [1.165, 1.54) is 0 Å². The zero-order valence-electron chi connectivity index (χ0n) is 12.8. The first-order chi connectivity index (χ1) is 10.0. The number of nitriles is 1. The van der Waals surface area contributed by atoms with Gasteiger partial charge in [0.25, 0.3) is 0 Å². The van der Waals surface area contributed by atoms with Gasteiger partial charge >= 0.3 is 0 Å². The molecule has 1 aliphatic carbocycles. The van der Waals surface area contributed by atoms with E-state index in [1.54, 1.807) is 12.1 Å². The van der Waals surface area contributed by atoms with E-state index in [1.807, 2.05) is 13.0 Å². The second-order valence-corrected chi connectivity index (χ2v) is 6.26. The molecule has 0 unspecified atom stereocenters. The summed E-state index contributed by atoms with van der Waals surface area (Å²) in [4.78, 5) is 12.7. The molecule has 0 atom stereocenters. The van der Waals surface area contributed by atoms with Gasteiger partial charge in [0.15, 0.2) is 0 Å². The van der Waals surface area contributed by atoms with Crippen LogP contribution in [0.2, 0.25) is 0 Å². The Bertz CT molecular complexity index is 566. The molecule has 112 valence electrons. The molecular weight excluding hydrogens is 262 g/mol. The summed E-state index contributed by atoms with van der Waals surface area (Å²) < 4.78 is 0. The van der Waals surface area contributed by atoms with E-state index in [4.69, 9.17) is 11.0 Å². The predicted molar refractivity (Wildman–Crippen MR) is 83.6 cm³/mol. The molecule has 4 nitrogen and oxygen atoms in total. The molecule has 1 saturated carbocycles. The van der Waals surface area contributed by atoms with Crippen LogP contribution in [0, 0.1) is 29.6 Å². The highest BCUT2D eigenvalue weighted by atomic mass is 16.2. The van der Waals surface area contributed by atoms with Gasteiger partial charge in [-0.2, -0.15) is 5.26 Å². The summed E-state index contributed by atoms with van der Waals surface area (Å²) in [6.45, 7) is 4.52. The number of aryl methyl sites for hydroxylation is 1. The minimum absolute atomic E-state index is 0.00455. The number of nitrogens with zero attached hydrogens (tertiary/aromatic N) is 1. The summed E-state index contributed by atoms with van der Waals surface area (Å²) in [6, 6.07) is 7.44. The van der Waals surface area contributed by atoms with E-state index < -0.39 is 5.41 Å². The third-order valence-corrected chi connectivity index (χ3v) is 4.72. The van der Waals surface area contributed by atoms with Crippen molar-refractivity contribution in [1.29, 1.82) is 5.26 Å². The van der Waals surface area contributed by atoms with Gasteiger partial charge in [0.05, 0.1) is 17.0 Å². The number of amides is 1. The number of rotatable bonds is 3. The molecule has 0 aromatic heterocycles. The first-order valence-corrected chi connectivity index (χ1v) is 7.53. The fourth-order valence-corrected chi connectivity index (χ4v) is 2.92. The molecule has 0 radical (unpaired) electrons. The van der Waals surface area contributed by atoms with Crippen molar-refractivity contribution in [2.24, 2.45) is 17.1 Å². The molecule has 3 N–H and O–H groups in total. The lowest BCUT2D eigenvalue weighted by Gasteiger charge is -2.37. The Morgan fingerprint density at radius 2 is 2.14 bits per heavy atom. The fraction of sp³-hybridized carbons (Fsp3) is 0.529. The number of carbonyl (C=O) groups is 1. The Kier molecular flexibility index (Phi) is 4.64. The highest BCUT2D eigenvalue weighted by molar-refractivity contribution is 5.96. The molecule has 1 fully saturated rings. The van der Waals surface area contributed by atoms with Gasteiger partial charge in [-0.15, -0.1) is 0 Å². The molecule has 1 amide bonds. The molecule has 1 aromatic rings. The minimum atomic E-state index is -0.457. The number of hydrogen-bond donors (Lipinski definition) is 2. The third kappa shape index (κ3) is 3.25. The second-order valence-electron chi connectivity index (χ2n) is 6.26. The summed E-state index contributed by atoms with van der Waals surface area (Å²) in [5.74, 6) is 0.663. The molecule has 1 aromatic carbocycles. The number of anilines is 1. The van der Waals surface area contributed by atoms with Gasteiger partial charge in [-0.3, -0.25) is 4.79 Å². The number of benzene rings is 1. The lowest BCUT2D eigenvalue weighted by Crippen LogP contribution is -2.44. The molecule has 0 spiro atoms. The number of nitrogens with one attached hydrogen (secondary N) is 1. The first kappa shape index (κ1) is 15.5. The van der Waals surface area contributed by atoms with E-state index in [0.29, 0.717) is 23.7 Å². The van der Waals surface area contributed by atoms with Gasteiger partial charge in [-0.05, 0) is 56.2 Å². The van der Waals surface area contributed by atoms with Gasteiger partial charge in [0.1, 0.15) is 0 Å². The maximum Gasteiger partial charge on any atom is 0.231 e. The highest BCUT2D eigenvalue weighted by Gasteiger charge is 2.39. The third-order valence-electron chi connectivity index (χ3n) is 4.72. The Labute approximate surface area is 126 Å². The van der Waals surface area contributed by atoms with Crippen molar-refractivity contribution in [2.75, 3.05) is 11.9 Å². The van der Waals surface area contributed by atoms with Crippen molar-refractivity contribution in [2.45, 2.75) is 39.5 Å². The van der Waals surface area contributed by atoms with E-state index in [9.17, 15) is 4.79 Å². The van der Waals surface area contributed by atoms with Crippen LogP contribution in [0.4, 0.5) is 5.69 Å². The Hall–Kier alpha value is -1.86. The van der Waals surface area contributed by atoms with Crippen LogP contribution in [-0.2, 0) is 4.79 Å². The van der Waals surface area contributed by atoms with E-state index in [0.717, 1.165) is 31.2 Å². The highest BCUT2D eigenvalue weighted by Crippen LogP contribution is 2.39. The van der Waals surface area contributed by atoms with Crippen LogP contribution in [0.25, 0.3) is 0 Å². The van der Waals surface area contributed by atoms with Gasteiger partial charge in [0, 0.05) is 12.2 Å². The topological polar surface area (TPSA) is 78.9 Å². The van der Waals surface area contributed by atoms with Crippen molar-refractivity contribution in [3.63, 3.8) is 0 Å². The van der Waals surface area contributed by atoms with Gasteiger partial charge in [0.2, 0.25) is 5.91 Å². The maximum absolute atomic E-state index is 12.7. The van der Waals surface area contributed by atoms with E-state index in [2.05, 4.69) is 18.3 Å². The lowest BCUT2D eigenvalue weighted by atomic mass is 9.70. The van der Waals surface area contributed by atoms with Crippen LogP contribution in [-0.4, -0.2) is 12.5 Å². The number of carbonyl (C=O) groups excluding carboxylic acids is 1. The summed E-state index contributed by atoms with van der Waals surface area (Å²) in [5, 5.41) is 12.0.